The van der Waals surface area contributed by atoms with Crippen LogP contribution in [0.15, 0.2) is 18.2 Å². The predicted molar refractivity (Wildman–Crippen MR) is 76.5 cm³/mol. The number of aryl methyl sites for hydroxylation is 1. The van der Waals surface area contributed by atoms with E-state index in [9.17, 15) is 0 Å². The van der Waals surface area contributed by atoms with Crippen molar-refractivity contribution in [1.29, 1.82) is 0 Å². The van der Waals surface area contributed by atoms with E-state index in [2.05, 4.69) is 17.9 Å². The van der Waals surface area contributed by atoms with E-state index in [1.165, 1.54) is 0 Å². The van der Waals surface area contributed by atoms with Crippen LogP contribution in [0.2, 0.25) is 0 Å². The van der Waals surface area contributed by atoms with Gasteiger partial charge in [0.05, 0.1) is 13.2 Å². The van der Waals surface area contributed by atoms with E-state index in [-0.39, 0.29) is 6.04 Å². The Balaban J connectivity index is 1.91. The van der Waals surface area contributed by atoms with Crippen LogP contribution in [-0.4, -0.2) is 44.4 Å². The Morgan fingerprint density at radius 2 is 2.11 bits per heavy atom. The van der Waals surface area contributed by atoms with Crippen LogP contribution in [0.1, 0.15) is 24.1 Å². The molecule has 0 aliphatic carbocycles. The molecule has 2 rings (SSSR count). The summed E-state index contributed by atoms with van der Waals surface area (Å²) in [5.74, 6) is 0.950. The van der Waals surface area contributed by atoms with Crippen molar-refractivity contribution >= 4 is 0 Å². The van der Waals surface area contributed by atoms with Gasteiger partial charge >= 0.3 is 0 Å². The van der Waals surface area contributed by atoms with Gasteiger partial charge in [0.1, 0.15) is 12.4 Å². The van der Waals surface area contributed by atoms with Crippen molar-refractivity contribution in [3.63, 3.8) is 0 Å². The minimum absolute atomic E-state index is 0.00159. The average molecular weight is 264 g/mol. The lowest BCUT2D eigenvalue weighted by Gasteiger charge is -2.26. The van der Waals surface area contributed by atoms with Gasteiger partial charge in [0.25, 0.3) is 0 Å². The second kappa shape index (κ2) is 6.89. The average Bonchev–Trinajstić information content (AvgIpc) is 2.41. The second-order valence-electron chi connectivity index (χ2n) is 5.08. The van der Waals surface area contributed by atoms with Crippen molar-refractivity contribution in [3.8, 4) is 5.75 Å². The maximum atomic E-state index is 5.99. The topological polar surface area (TPSA) is 47.7 Å². The number of ether oxygens (including phenoxy) is 2. The molecule has 1 aliphatic heterocycles. The normalized spacial score (nSPS) is 18.3. The summed E-state index contributed by atoms with van der Waals surface area (Å²) >= 11 is 0. The molecular formula is C15H24N2O2. The third-order valence-electron chi connectivity index (χ3n) is 3.49. The van der Waals surface area contributed by atoms with Gasteiger partial charge in [-0.2, -0.15) is 0 Å². The molecule has 1 aromatic rings. The summed E-state index contributed by atoms with van der Waals surface area (Å²) < 4.78 is 11.3. The number of para-hydroxylation sites is 1. The summed E-state index contributed by atoms with van der Waals surface area (Å²) in [5.41, 5.74) is 8.23. The zero-order valence-corrected chi connectivity index (χ0v) is 11.9. The van der Waals surface area contributed by atoms with Gasteiger partial charge in [-0.15, -0.1) is 0 Å². The Kier molecular flexibility index (Phi) is 5.19. The van der Waals surface area contributed by atoms with Crippen molar-refractivity contribution in [2.24, 2.45) is 5.73 Å². The van der Waals surface area contributed by atoms with Gasteiger partial charge in [-0.25, -0.2) is 0 Å². The zero-order chi connectivity index (χ0) is 13.7. The van der Waals surface area contributed by atoms with Gasteiger partial charge in [-0.1, -0.05) is 18.2 Å². The first-order valence-electron chi connectivity index (χ1n) is 6.96. The van der Waals surface area contributed by atoms with Crippen LogP contribution in [0.3, 0.4) is 0 Å². The first-order chi connectivity index (χ1) is 9.18. The summed E-state index contributed by atoms with van der Waals surface area (Å²) in [6.07, 6.45) is 0. The van der Waals surface area contributed by atoms with Crippen LogP contribution in [0.5, 0.6) is 5.75 Å². The summed E-state index contributed by atoms with van der Waals surface area (Å²) in [4.78, 5) is 2.37. The van der Waals surface area contributed by atoms with Gasteiger partial charge in [0.15, 0.2) is 0 Å². The molecular weight excluding hydrogens is 240 g/mol. The maximum absolute atomic E-state index is 5.99. The van der Waals surface area contributed by atoms with Gasteiger partial charge in [-0.3, -0.25) is 4.90 Å². The molecule has 4 heteroatoms. The van der Waals surface area contributed by atoms with Gasteiger partial charge < -0.3 is 15.2 Å². The van der Waals surface area contributed by atoms with Crippen molar-refractivity contribution in [2.75, 3.05) is 39.5 Å². The highest BCUT2D eigenvalue weighted by Crippen LogP contribution is 2.27. The van der Waals surface area contributed by atoms with Gasteiger partial charge in [-0.05, 0) is 19.4 Å². The van der Waals surface area contributed by atoms with Crippen LogP contribution in [0.4, 0.5) is 0 Å². The highest BCUT2D eigenvalue weighted by molar-refractivity contribution is 5.42. The first-order valence-corrected chi connectivity index (χ1v) is 6.96. The molecule has 106 valence electrons. The molecule has 1 fully saturated rings. The Bertz CT molecular complexity index is 401. The molecule has 0 aromatic heterocycles. The van der Waals surface area contributed by atoms with E-state index in [0.717, 1.165) is 49.7 Å². The highest BCUT2D eigenvalue weighted by Gasteiger charge is 2.13. The van der Waals surface area contributed by atoms with Crippen molar-refractivity contribution in [3.05, 3.63) is 29.3 Å². The fourth-order valence-electron chi connectivity index (χ4n) is 2.33. The molecule has 0 amide bonds. The molecule has 0 spiro atoms. The molecule has 0 bridgehead atoms. The van der Waals surface area contributed by atoms with E-state index in [1.54, 1.807) is 0 Å². The summed E-state index contributed by atoms with van der Waals surface area (Å²) in [7, 11) is 0. The third kappa shape index (κ3) is 3.93. The van der Waals surface area contributed by atoms with Crippen LogP contribution < -0.4 is 10.5 Å². The Labute approximate surface area is 115 Å². The summed E-state index contributed by atoms with van der Waals surface area (Å²) in [5, 5.41) is 0. The second-order valence-corrected chi connectivity index (χ2v) is 5.08. The van der Waals surface area contributed by atoms with E-state index in [4.69, 9.17) is 15.2 Å². The lowest BCUT2D eigenvalue weighted by Crippen LogP contribution is -2.38. The number of nitrogens with two attached hydrogens (primary N) is 1. The third-order valence-corrected chi connectivity index (χ3v) is 3.49. The van der Waals surface area contributed by atoms with E-state index >= 15 is 0 Å². The van der Waals surface area contributed by atoms with E-state index in [1.807, 2.05) is 19.1 Å². The number of rotatable bonds is 5. The molecule has 0 radical (unpaired) electrons. The molecule has 4 nitrogen and oxygen atoms in total. The molecule has 1 aromatic carbocycles. The molecule has 2 N–H and O–H groups in total. The van der Waals surface area contributed by atoms with Crippen molar-refractivity contribution in [2.45, 2.75) is 19.9 Å². The number of morpholine rings is 1. The van der Waals surface area contributed by atoms with Crippen LogP contribution in [0.25, 0.3) is 0 Å². The van der Waals surface area contributed by atoms with E-state index in [0.29, 0.717) is 6.61 Å². The molecule has 1 saturated heterocycles. The zero-order valence-electron chi connectivity index (χ0n) is 11.9. The molecule has 19 heavy (non-hydrogen) atoms. The number of hydrogen-bond acceptors (Lipinski definition) is 4. The number of benzene rings is 1. The Morgan fingerprint density at radius 3 is 2.79 bits per heavy atom. The molecule has 1 aliphatic rings. The monoisotopic (exact) mass is 264 g/mol. The Morgan fingerprint density at radius 1 is 1.37 bits per heavy atom. The largest absolute Gasteiger partial charge is 0.492 e. The number of hydrogen-bond donors (Lipinski definition) is 1. The fraction of sp³-hybridized carbons (Fsp3) is 0.600. The lowest BCUT2D eigenvalue weighted by molar-refractivity contribution is 0.0321. The quantitative estimate of drug-likeness (QED) is 0.880. The van der Waals surface area contributed by atoms with Crippen LogP contribution >= 0.6 is 0 Å². The molecule has 1 unspecified atom stereocenters. The predicted octanol–water partition coefficient (Wildman–Crippen LogP) is 1.73. The standard InChI is InChI=1S/C15H24N2O2/c1-12-4-3-5-14(13(2)16)15(12)19-11-8-17-6-9-18-10-7-17/h3-5,13H,6-11,16H2,1-2H3. The maximum Gasteiger partial charge on any atom is 0.127 e. The minimum Gasteiger partial charge on any atom is -0.492 e. The lowest BCUT2D eigenvalue weighted by atomic mass is 10.0. The summed E-state index contributed by atoms with van der Waals surface area (Å²) in [6.45, 7) is 9.35. The van der Waals surface area contributed by atoms with Gasteiger partial charge in [0.2, 0.25) is 0 Å². The molecule has 1 heterocycles. The summed E-state index contributed by atoms with van der Waals surface area (Å²) in [6, 6.07) is 6.14. The van der Waals surface area contributed by atoms with Crippen LogP contribution in [-0.2, 0) is 4.74 Å². The van der Waals surface area contributed by atoms with E-state index < -0.39 is 0 Å². The van der Waals surface area contributed by atoms with Crippen molar-refractivity contribution < 1.29 is 9.47 Å². The Hall–Kier alpha value is -1.10. The smallest absolute Gasteiger partial charge is 0.127 e. The molecule has 1 atom stereocenters. The molecule has 0 saturated carbocycles. The fourth-order valence-corrected chi connectivity index (χ4v) is 2.33. The van der Waals surface area contributed by atoms with Crippen LogP contribution in [0, 0.1) is 6.92 Å². The minimum atomic E-state index is -0.00159. The SMILES string of the molecule is Cc1cccc(C(C)N)c1OCCN1CCOCC1. The number of nitrogens with zero attached hydrogens (tertiary/aromatic N) is 1. The van der Waals surface area contributed by atoms with Crippen molar-refractivity contribution in [1.82, 2.24) is 4.90 Å². The highest BCUT2D eigenvalue weighted by atomic mass is 16.5. The first kappa shape index (κ1) is 14.3. The van der Waals surface area contributed by atoms with Gasteiger partial charge in [0, 0.05) is 31.2 Å².